The number of nitrogens with zero attached hydrogens (tertiary/aromatic N) is 8. The molecule has 18 nitrogen and oxygen atoms in total. The summed E-state index contributed by atoms with van der Waals surface area (Å²) in [6.07, 6.45) is 3.39. The Bertz CT molecular complexity index is 1020. The highest BCUT2D eigenvalue weighted by Gasteiger charge is 2.24. The largest absolute Gasteiger partial charge is 0.480 e. The highest BCUT2D eigenvalue weighted by molar-refractivity contribution is 5.81. The first-order chi connectivity index (χ1) is 25.7. The smallest absolute Gasteiger partial charge is 0.317 e. The second-order valence-corrected chi connectivity index (χ2v) is 14.1. The zero-order valence-electron chi connectivity index (χ0n) is 33.5. The van der Waals surface area contributed by atoms with Crippen LogP contribution in [-0.4, -0.2) is 229 Å². The van der Waals surface area contributed by atoms with Crippen LogP contribution in [0.5, 0.6) is 0 Å². The van der Waals surface area contributed by atoms with Gasteiger partial charge >= 0.3 is 11.9 Å². The van der Waals surface area contributed by atoms with Gasteiger partial charge in [-0.15, -0.1) is 0 Å². The van der Waals surface area contributed by atoms with Gasteiger partial charge in [-0.2, -0.15) is 0 Å². The summed E-state index contributed by atoms with van der Waals surface area (Å²) in [5.41, 5.74) is 10.8. The normalized spacial score (nSPS) is 14.9. The van der Waals surface area contributed by atoms with E-state index >= 15 is 0 Å². The van der Waals surface area contributed by atoms with E-state index < -0.39 is 23.8 Å². The van der Waals surface area contributed by atoms with Crippen molar-refractivity contribution in [1.29, 1.82) is 0 Å². The zero-order valence-corrected chi connectivity index (χ0v) is 33.5. The van der Waals surface area contributed by atoms with Gasteiger partial charge in [0.25, 0.3) is 0 Å². The van der Waals surface area contributed by atoms with Crippen LogP contribution in [0.15, 0.2) is 0 Å². The van der Waals surface area contributed by atoms with Crippen molar-refractivity contribution < 1.29 is 39.0 Å². The molecule has 4 amide bonds. The van der Waals surface area contributed by atoms with E-state index in [0.717, 1.165) is 25.7 Å². The maximum atomic E-state index is 13.5. The van der Waals surface area contributed by atoms with Crippen molar-refractivity contribution in [2.45, 2.75) is 53.4 Å². The Morgan fingerprint density at radius 2 is 0.704 bits per heavy atom. The van der Waals surface area contributed by atoms with E-state index in [1.807, 2.05) is 42.4 Å². The predicted molar refractivity (Wildman–Crippen MR) is 207 cm³/mol. The molecule has 0 aromatic rings. The molecule has 1 fully saturated rings. The predicted octanol–water partition coefficient (Wildman–Crippen LogP) is -1.75. The first-order valence-corrected chi connectivity index (χ1v) is 19.6. The number of carboxylic acid groups (broad SMARTS) is 2. The SMILES string of the molecule is CCCN(CCC)C(=O)CN(CCN1CCN(CCN(CC(N)=O)CC(N)=O)CCN(CCN(CC(=O)O)CC(=O)O)CC1)CC(=O)N(CCC)CCC. The van der Waals surface area contributed by atoms with Crippen LogP contribution in [0.1, 0.15) is 53.4 Å². The van der Waals surface area contributed by atoms with Crippen molar-refractivity contribution in [3.05, 3.63) is 0 Å². The molecule has 6 N–H and O–H groups in total. The Balaban J connectivity index is 3.26. The van der Waals surface area contributed by atoms with Crippen LogP contribution in [0.3, 0.4) is 0 Å². The van der Waals surface area contributed by atoms with E-state index in [1.165, 1.54) is 4.90 Å². The number of rotatable bonds is 29. The molecule has 0 aromatic heterocycles. The summed E-state index contributed by atoms with van der Waals surface area (Å²) >= 11 is 0. The Hall–Kier alpha value is -3.42. The Labute approximate surface area is 322 Å². The molecule has 1 rings (SSSR count). The molecule has 0 saturated carbocycles. The van der Waals surface area contributed by atoms with E-state index in [-0.39, 0.29) is 57.6 Å². The minimum absolute atomic E-state index is 0.00889. The third-order valence-corrected chi connectivity index (χ3v) is 9.27. The van der Waals surface area contributed by atoms with Gasteiger partial charge in [-0.25, -0.2) is 0 Å². The van der Waals surface area contributed by atoms with Gasteiger partial charge in [-0.3, -0.25) is 58.2 Å². The van der Waals surface area contributed by atoms with Gasteiger partial charge in [0.1, 0.15) is 0 Å². The Kier molecular flexibility index (Phi) is 25.3. The lowest BCUT2D eigenvalue weighted by Crippen LogP contribution is -2.49. The van der Waals surface area contributed by atoms with Crippen LogP contribution in [0.4, 0.5) is 0 Å². The second kappa shape index (κ2) is 28.1. The average Bonchev–Trinajstić information content (AvgIpc) is 3.17. The fourth-order valence-electron chi connectivity index (χ4n) is 6.55. The first-order valence-electron chi connectivity index (χ1n) is 19.6. The maximum absolute atomic E-state index is 13.5. The fraction of sp³-hybridized carbons (Fsp3) is 0.833. The zero-order chi connectivity index (χ0) is 40.5. The average molecular weight is 771 g/mol. The molecule has 0 unspecified atom stereocenters. The van der Waals surface area contributed by atoms with E-state index in [1.54, 1.807) is 4.90 Å². The summed E-state index contributed by atoms with van der Waals surface area (Å²) in [5.74, 6) is -3.31. The minimum Gasteiger partial charge on any atom is -0.480 e. The lowest BCUT2D eigenvalue weighted by Gasteiger charge is -2.32. The summed E-state index contributed by atoms with van der Waals surface area (Å²) < 4.78 is 0. The number of carbonyl (C=O) groups excluding carboxylic acids is 4. The lowest BCUT2D eigenvalue weighted by atomic mass is 10.3. The van der Waals surface area contributed by atoms with Gasteiger partial charge in [-0.05, 0) is 25.7 Å². The molecule has 18 heteroatoms. The number of carbonyl (C=O) groups is 6. The van der Waals surface area contributed by atoms with Gasteiger partial charge in [0.05, 0.1) is 39.3 Å². The van der Waals surface area contributed by atoms with Crippen LogP contribution in [0.25, 0.3) is 0 Å². The number of hydrogen-bond donors (Lipinski definition) is 4. The van der Waals surface area contributed by atoms with Crippen molar-refractivity contribution in [2.24, 2.45) is 11.5 Å². The third kappa shape index (κ3) is 22.1. The monoisotopic (exact) mass is 771 g/mol. The Morgan fingerprint density at radius 3 is 0.944 bits per heavy atom. The standard InChI is InChI=1S/C36H70N10O8/c1-5-9-45(10-6-2)33(49)27-43(28-34(50)46(11-7-3)12-8-4)23-20-40-15-13-39(19-22-42(25-31(37)47)26-32(38)48)14-17-41(18-16-40)21-24-44(29-35(51)52)30-36(53)54/h5-30H2,1-4H3,(H2,37,47)(H2,38,48)(H,51,52)(H,53,54). The van der Waals surface area contributed by atoms with Crippen LogP contribution in [-0.2, 0) is 28.8 Å². The molecule has 0 spiro atoms. The van der Waals surface area contributed by atoms with E-state index in [9.17, 15) is 39.0 Å². The minimum atomic E-state index is -1.10. The fourth-order valence-corrected chi connectivity index (χ4v) is 6.55. The van der Waals surface area contributed by atoms with Crippen molar-refractivity contribution in [3.63, 3.8) is 0 Å². The summed E-state index contributed by atoms with van der Waals surface area (Å²) in [5, 5.41) is 18.7. The molecule has 54 heavy (non-hydrogen) atoms. The molecule has 0 atom stereocenters. The summed E-state index contributed by atoms with van der Waals surface area (Å²) in [6, 6.07) is 0. The van der Waals surface area contributed by atoms with Crippen LogP contribution < -0.4 is 11.5 Å². The third-order valence-electron chi connectivity index (χ3n) is 9.27. The second-order valence-electron chi connectivity index (χ2n) is 14.1. The van der Waals surface area contributed by atoms with E-state index in [2.05, 4.69) is 14.7 Å². The molecule has 0 radical (unpaired) electrons. The molecule has 1 heterocycles. The highest BCUT2D eigenvalue weighted by Crippen LogP contribution is 2.06. The molecule has 1 aliphatic rings. The highest BCUT2D eigenvalue weighted by atomic mass is 16.4. The molecule has 0 aliphatic carbocycles. The number of primary amides is 2. The van der Waals surface area contributed by atoms with E-state index in [4.69, 9.17) is 11.5 Å². The van der Waals surface area contributed by atoms with Gasteiger partial charge < -0.3 is 31.5 Å². The van der Waals surface area contributed by atoms with E-state index in [0.29, 0.717) is 98.2 Å². The summed E-state index contributed by atoms with van der Waals surface area (Å²) in [4.78, 5) is 88.7. The first kappa shape index (κ1) is 48.6. The molecule has 1 saturated heterocycles. The summed E-state index contributed by atoms with van der Waals surface area (Å²) in [7, 11) is 0. The quantitative estimate of drug-likeness (QED) is 0.0663. The van der Waals surface area contributed by atoms with Crippen LogP contribution in [0, 0.1) is 0 Å². The van der Waals surface area contributed by atoms with Gasteiger partial charge in [0.2, 0.25) is 23.6 Å². The topological polar surface area (TPSA) is 221 Å². The molecular weight excluding hydrogens is 700 g/mol. The number of amides is 4. The maximum Gasteiger partial charge on any atom is 0.317 e. The molecule has 0 aromatic carbocycles. The number of aliphatic carboxylic acids is 2. The van der Waals surface area contributed by atoms with Crippen molar-refractivity contribution in [2.75, 3.05) is 144 Å². The summed E-state index contributed by atoms with van der Waals surface area (Å²) in [6.45, 7) is 16.7. The van der Waals surface area contributed by atoms with Crippen LogP contribution >= 0.6 is 0 Å². The van der Waals surface area contributed by atoms with Crippen molar-refractivity contribution >= 4 is 35.6 Å². The van der Waals surface area contributed by atoms with Crippen LogP contribution in [0.2, 0.25) is 0 Å². The lowest BCUT2D eigenvalue weighted by molar-refractivity contribution is -0.142. The molecule has 0 bridgehead atoms. The molecule has 1 aliphatic heterocycles. The molecule has 312 valence electrons. The number of nitrogens with two attached hydrogens (primary N) is 2. The Morgan fingerprint density at radius 1 is 0.444 bits per heavy atom. The number of hydrogen-bond acceptors (Lipinski definition) is 12. The van der Waals surface area contributed by atoms with Crippen molar-refractivity contribution in [1.82, 2.24) is 39.2 Å². The number of carboxylic acids is 2. The molecular formula is C36H70N10O8. The van der Waals surface area contributed by atoms with Gasteiger partial charge in [0.15, 0.2) is 0 Å². The van der Waals surface area contributed by atoms with Crippen molar-refractivity contribution in [3.8, 4) is 0 Å². The van der Waals surface area contributed by atoms with Gasteiger partial charge in [0, 0.05) is 105 Å². The van der Waals surface area contributed by atoms with Gasteiger partial charge in [-0.1, -0.05) is 27.7 Å².